The van der Waals surface area contributed by atoms with E-state index in [0.717, 1.165) is 5.69 Å². The monoisotopic (exact) mass is 213 g/mol. The zero-order chi connectivity index (χ0) is 11.4. The van der Waals surface area contributed by atoms with Crippen LogP contribution < -0.4 is 5.32 Å². The highest BCUT2D eigenvalue weighted by Crippen LogP contribution is 2.19. The Bertz CT molecular complexity index is 480. The molecular weight excluding hydrogens is 204 g/mol. The van der Waals surface area contributed by atoms with Crippen molar-refractivity contribution < 1.29 is 4.92 Å². The van der Waals surface area contributed by atoms with Gasteiger partial charge in [0, 0.05) is 12.1 Å². The molecule has 16 heavy (non-hydrogen) atoms. The normalized spacial score (nSPS) is 9.75. The van der Waals surface area contributed by atoms with E-state index in [2.05, 4.69) is 5.32 Å². The van der Waals surface area contributed by atoms with E-state index >= 15 is 0 Å². The van der Waals surface area contributed by atoms with Gasteiger partial charge in [-0.05, 0) is 24.3 Å². The van der Waals surface area contributed by atoms with Crippen LogP contribution in [0.2, 0.25) is 0 Å². The third-order valence-electron chi connectivity index (χ3n) is 2.07. The Hall–Kier alpha value is -2.36. The Balaban J connectivity index is 2.14. The fourth-order valence-corrected chi connectivity index (χ4v) is 1.30. The molecule has 0 saturated heterocycles. The average Bonchev–Trinajstić information content (AvgIpc) is 2.31. The summed E-state index contributed by atoms with van der Waals surface area (Å²) >= 11 is 0. The van der Waals surface area contributed by atoms with Crippen LogP contribution in [-0.2, 0) is 0 Å². The maximum absolute atomic E-state index is 10.4. The van der Waals surface area contributed by atoms with Crippen molar-refractivity contribution in [2.45, 2.75) is 0 Å². The summed E-state index contributed by atoms with van der Waals surface area (Å²) in [5.41, 5.74) is 1.61. The number of hydrogen-bond donors (Lipinski definition) is 0. The molecule has 2 rings (SSSR count). The van der Waals surface area contributed by atoms with Crippen molar-refractivity contribution in [3.8, 4) is 0 Å². The molecule has 0 bridgehead atoms. The van der Waals surface area contributed by atoms with Gasteiger partial charge in [-0.25, -0.2) is 5.32 Å². The SMILES string of the molecule is O=[N+]([O-])c1ccc([N]c2ccccc2)cc1. The van der Waals surface area contributed by atoms with Crippen molar-refractivity contribution in [1.29, 1.82) is 0 Å². The Morgan fingerprint density at radius 2 is 1.44 bits per heavy atom. The second-order valence-electron chi connectivity index (χ2n) is 3.22. The lowest BCUT2D eigenvalue weighted by molar-refractivity contribution is -0.384. The van der Waals surface area contributed by atoms with Crippen LogP contribution in [0.1, 0.15) is 0 Å². The fraction of sp³-hybridized carbons (Fsp3) is 0. The van der Waals surface area contributed by atoms with Gasteiger partial charge < -0.3 is 0 Å². The van der Waals surface area contributed by atoms with Gasteiger partial charge in [-0.3, -0.25) is 10.1 Å². The van der Waals surface area contributed by atoms with E-state index in [0.29, 0.717) is 5.69 Å². The quantitative estimate of drug-likeness (QED) is 0.580. The summed E-state index contributed by atoms with van der Waals surface area (Å²) in [6, 6.07) is 15.6. The van der Waals surface area contributed by atoms with Crippen LogP contribution in [0.25, 0.3) is 0 Å². The summed E-state index contributed by atoms with van der Waals surface area (Å²) in [5.74, 6) is 0. The van der Waals surface area contributed by atoms with Gasteiger partial charge in [0.15, 0.2) is 0 Å². The Labute approximate surface area is 92.7 Å². The summed E-state index contributed by atoms with van der Waals surface area (Å²) in [6.45, 7) is 0. The predicted octanol–water partition coefficient (Wildman–Crippen LogP) is 3.16. The molecular formula is C12H9N2O2. The lowest BCUT2D eigenvalue weighted by atomic mass is 10.2. The van der Waals surface area contributed by atoms with Gasteiger partial charge >= 0.3 is 0 Å². The fourth-order valence-electron chi connectivity index (χ4n) is 1.30. The summed E-state index contributed by atoms with van der Waals surface area (Å²) in [6.07, 6.45) is 0. The molecule has 2 aromatic carbocycles. The number of rotatable bonds is 3. The summed E-state index contributed by atoms with van der Waals surface area (Å²) in [5, 5.41) is 14.8. The van der Waals surface area contributed by atoms with E-state index in [4.69, 9.17) is 0 Å². The van der Waals surface area contributed by atoms with Crippen LogP contribution in [0.3, 0.4) is 0 Å². The van der Waals surface area contributed by atoms with Gasteiger partial charge in [-0.15, -0.1) is 0 Å². The van der Waals surface area contributed by atoms with E-state index in [-0.39, 0.29) is 5.69 Å². The smallest absolute Gasteiger partial charge is 0.258 e. The Morgan fingerprint density at radius 3 is 2.00 bits per heavy atom. The highest BCUT2D eigenvalue weighted by molar-refractivity contribution is 5.51. The number of hydrogen-bond acceptors (Lipinski definition) is 2. The van der Waals surface area contributed by atoms with Crippen molar-refractivity contribution in [2.75, 3.05) is 0 Å². The molecule has 0 fully saturated rings. The number of non-ortho nitro benzene ring substituents is 1. The summed E-state index contributed by atoms with van der Waals surface area (Å²) in [4.78, 5) is 10.0. The lowest BCUT2D eigenvalue weighted by Crippen LogP contribution is -1.90. The van der Waals surface area contributed by atoms with Crippen LogP contribution in [0, 0.1) is 10.1 Å². The molecule has 0 aliphatic rings. The molecule has 0 spiro atoms. The first-order valence-electron chi connectivity index (χ1n) is 4.77. The number of benzene rings is 2. The highest BCUT2D eigenvalue weighted by atomic mass is 16.6. The molecule has 0 heterocycles. The number of nitro benzene ring substituents is 1. The van der Waals surface area contributed by atoms with Gasteiger partial charge in [0.2, 0.25) is 0 Å². The van der Waals surface area contributed by atoms with E-state index in [1.54, 1.807) is 12.1 Å². The van der Waals surface area contributed by atoms with Crippen molar-refractivity contribution in [1.82, 2.24) is 5.32 Å². The number of nitrogens with zero attached hydrogens (tertiary/aromatic N) is 2. The predicted molar refractivity (Wildman–Crippen MR) is 61.0 cm³/mol. The lowest BCUT2D eigenvalue weighted by Gasteiger charge is -2.01. The van der Waals surface area contributed by atoms with E-state index in [9.17, 15) is 10.1 Å². The maximum atomic E-state index is 10.4. The molecule has 4 nitrogen and oxygen atoms in total. The molecule has 0 amide bonds. The first-order valence-corrected chi connectivity index (χ1v) is 4.77. The minimum atomic E-state index is -0.424. The van der Waals surface area contributed by atoms with Crippen molar-refractivity contribution in [3.63, 3.8) is 0 Å². The second-order valence-corrected chi connectivity index (χ2v) is 3.22. The highest BCUT2D eigenvalue weighted by Gasteiger charge is 2.04. The van der Waals surface area contributed by atoms with Crippen LogP contribution in [0.4, 0.5) is 17.1 Å². The van der Waals surface area contributed by atoms with Crippen molar-refractivity contribution in [2.24, 2.45) is 0 Å². The first-order chi connectivity index (χ1) is 7.75. The van der Waals surface area contributed by atoms with Crippen LogP contribution in [0.15, 0.2) is 54.6 Å². The molecule has 0 atom stereocenters. The topological polar surface area (TPSA) is 57.2 Å². The van der Waals surface area contributed by atoms with Crippen LogP contribution in [0.5, 0.6) is 0 Å². The van der Waals surface area contributed by atoms with Crippen LogP contribution >= 0.6 is 0 Å². The van der Waals surface area contributed by atoms with Gasteiger partial charge in [-0.1, -0.05) is 18.2 Å². The minimum absolute atomic E-state index is 0.0759. The van der Waals surface area contributed by atoms with Crippen molar-refractivity contribution in [3.05, 3.63) is 64.7 Å². The van der Waals surface area contributed by atoms with Crippen molar-refractivity contribution >= 4 is 17.1 Å². The molecule has 2 aromatic rings. The molecule has 0 saturated carbocycles. The molecule has 4 heteroatoms. The molecule has 0 aromatic heterocycles. The van der Waals surface area contributed by atoms with Crippen LogP contribution in [-0.4, -0.2) is 4.92 Å². The van der Waals surface area contributed by atoms with E-state index in [1.807, 2.05) is 30.3 Å². The summed E-state index contributed by atoms with van der Waals surface area (Å²) in [7, 11) is 0. The standard InChI is InChI=1S/C12H9N2O2/c15-14(16)12-8-6-11(7-9-12)13-10-4-2-1-3-5-10/h1-9H. The molecule has 1 radical (unpaired) electrons. The Morgan fingerprint density at radius 1 is 0.875 bits per heavy atom. The average molecular weight is 213 g/mol. The third kappa shape index (κ3) is 2.36. The molecule has 0 aliphatic heterocycles. The third-order valence-corrected chi connectivity index (χ3v) is 2.07. The van der Waals surface area contributed by atoms with E-state index in [1.165, 1.54) is 12.1 Å². The van der Waals surface area contributed by atoms with Gasteiger partial charge in [0.1, 0.15) is 0 Å². The molecule has 0 N–H and O–H groups in total. The Kier molecular flexibility index (Phi) is 2.82. The zero-order valence-electron chi connectivity index (χ0n) is 8.41. The number of para-hydroxylation sites is 1. The summed E-state index contributed by atoms with van der Waals surface area (Å²) < 4.78 is 0. The largest absolute Gasteiger partial charge is 0.269 e. The number of nitro groups is 1. The van der Waals surface area contributed by atoms with E-state index < -0.39 is 4.92 Å². The molecule has 0 aliphatic carbocycles. The molecule has 0 unspecified atom stereocenters. The van der Waals surface area contributed by atoms with Gasteiger partial charge in [-0.2, -0.15) is 0 Å². The van der Waals surface area contributed by atoms with Gasteiger partial charge in [0.05, 0.1) is 16.3 Å². The second kappa shape index (κ2) is 4.44. The van der Waals surface area contributed by atoms with Gasteiger partial charge in [0.25, 0.3) is 5.69 Å². The first kappa shape index (κ1) is 10.2. The molecule has 79 valence electrons. The minimum Gasteiger partial charge on any atom is -0.258 e. The zero-order valence-corrected chi connectivity index (χ0v) is 8.41. The maximum Gasteiger partial charge on any atom is 0.269 e.